The molecule has 7 heteroatoms. The second kappa shape index (κ2) is 8.26. The molecule has 164 valence electrons. The van der Waals surface area contributed by atoms with Gasteiger partial charge in [-0.05, 0) is 47.9 Å². The number of thiazole rings is 1. The minimum Gasteiger partial charge on any atom is -0.272 e. The molecular formula is C26H21N3O3S. The molecule has 33 heavy (non-hydrogen) atoms. The van der Waals surface area contributed by atoms with Gasteiger partial charge in [-0.15, -0.1) is 0 Å². The average Bonchev–Trinajstić information content (AvgIpc) is 3.34. The van der Waals surface area contributed by atoms with Gasteiger partial charge < -0.3 is 0 Å². The highest BCUT2D eigenvalue weighted by atomic mass is 32.1. The number of para-hydroxylation sites is 1. The van der Waals surface area contributed by atoms with Gasteiger partial charge >= 0.3 is 0 Å². The number of hydrogen-bond donors (Lipinski definition) is 0. The summed E-state index contributed by atoms with van der Waals surface area (Å²) < 4.78 is 0.949. The Balaban J connectivity index is 1.52. The highest BCUT2D eigenvalue weighted by molar-refractivity contribution is 7.22. The number of aromatic nitrogens is 1. The first-order chi connectivity index (χ1) is 15.9. The number of hydrogen-bond acceptors (Lipinski definition) is 5. The maximum absolute atomic E-state index is 13.6. The number of imide groups is 1. The van der Waals surface area contributed by atoms with Gasteiger partial charge in [0.2, 0.25) is 0 Å². The maximum Gasteiger partial charge on any atom is 0.262 e. The summed E-state index contributed by atoms with van der Waals surface area (Å²) >= 11 is 1.39. The molecule has 1 aliphatic rings. The van der Waals surface area contributed by atoms with Crippen molar-refractivity contribution in [2.45, 2.75) is 19.8 Å². The zero-order chi connectivity index (χ0) is 23.1. The van der Waals surface area contributed by atoms with Crippen molar-refractivity contribution in [3.8, 4) is 0 Å². The first kappa shape index (κ1) is 21.0. The third-order valence-corrected chi connectivity index (χ3v) is 6.73. The van der Waals surface area contributed by atoms with Crippen molar-refractivity contribution in [2.24, 2.45) is 0 Å². The molecule has 0 N–H and O–H groups in total. The molecule has 0 unspecified atom stereocenters. The molecule has 0 spiro atoms. The van der Waals surface area contributed by atoms with Gasteiger partial charge in [0.05, 0.1) is 27.0 Å². The van der Waals surface area contributed by atoms with Crippen LogP contribution in [0.4, 0.5) is 10.8 Å². The molecule has 0 radical (unpaired) electrons. The summed E-state index contributed by atoms with van der Waals surface area (Å²) in [6.07, 6.45) is 0. The normalized spacial score (nSPS) is 13.1. The predicted molar refractivity (Wildman–Crippen MR) is 129 cm³/mol. The number of carbonyl (C=O) groups is 3. The van der Waals surface area contributed by atoms with Crippen LogP contribution in [0.15, 0.2) is 72.8 Å². The lowest BCUT2D eigenvalue weighted by Crippen LogP contribution is -2.41. The molecular weight excluding hydrogens is 434 g/mol. The summed E-state index contributed by atoms with van der Waals surface area (Å²) in [5, 5.41) is 0.495. The van der Waals surface area contributed by atoms with Crippen LogP contribution in [0.2, 0.25) is 0 Å². The largest absolute Gasteiger partial charge is 0.272 e. The van der Waals surface area contributed by atoms with Gasteiger partial charge in [0, 0.05) is 0 Å². The Bertz CT molecular complexity index is 1320. The Labute approximate surface area is 195 Å². The van der Waals surface area contributed by atoms with E-state index in [9.17, 15) is 14.4 Å². The Kier molecular flexibility index (Phi) is 5.26. The molecule has 1 aliphatic heterocycles. The number of nitrogens with zero attached hydrogens (tertiary/aromatic N) is 3. The minimum atomic E-state index is -0.455. The number of benzene rings is 3. The highest BCUT2D eigenvalue weighted by Gasteiger charge is 2.37. The second-order valence-electron chi connectivity index (χ2n) is 8.18. The van der Waals surface area contributed by atoms with Gasteiger partial charge in [0.1, 0.15) is 6.54 Å². The quantitative estimate of drug-likeness (QED) is 0.379. The van der Waals surface area contributed by atoms with Crippen molar-refractivity contribution in [1.82, 2.24) is 9.88 Å². The van der Waals surface area contributed by atoms with E-state index >= 15 is 0 Å². The lowest BCUT2D eigenvalue weighted by molar-refractivity contribution is -0.118. The van der Waals surface area contributed by atoms with Crippen LogP contribution in [0, 0.1) is 0 Å². The molecule has 0 saturated heterocycles. The number of fused-ring (bicyclic) bond motifs is 2. The van der Waals surface area contributed by atoms with E-state index in [0.717, 1.165) is 20.7 Å². The number of carbonyl (C=O) groups excluding carboxylic acids is 3. The van der Waals surface area contributed by atoms with E-state index in [1.54, 1.807) is 24.3 Å². The standard InChI is InChI=1S/C26H21N3O3S/c1-16(2)17-11-13-18(14-12-17)29(26-27-21-9-5-6-10-22(21)33-26)23(30)15-28-24(31)19-7-3-4-8-20(19)25(28)32/h3-14,16H,15H2,1-2H3. The lowest BCUT2D eigenvalue weighted by Gasteiger charge is -2.23. The Morgan fingerprint density at radius 2 is 1.52 bits per heavy atom. The first-order valence-corrected chi connectivity index (χ1v) is 11.5. The summed E-state index contributed by atoms with van der Waals surface area (Å²) in [6, 6.07) is 22.0. The van der Waals surface area contributed by atoms with Crippen LogP contribution in [0.1, 0.15) is 46.0 Å². The average molecular weight is 456 g/mol. The molecule has 2 heterocycles. The van der Waals surface area contributed by atoms with Crippen LogP contribution in [0.5, 0.6) is 0 Å². The minimum absolute atomic E-state index is 0.322. The highest BCUT2D eigenvalue weighted by Crippen LogP contribution is 2.34. The number of rotatable bonds is 5. The molecule has 0 fully saturated rings. The summed E-state index contributed by atoms with van der Waals surface area (Å²) in [5.41, 5.74) is 3.22. The Morgan fingerprint density at radius 1 is 0.909 bits per heavy atom. The van der Waals surface area contributed by atoms with Crippen LogP contribution >= 0.6 is 11.3 Å². The van der Waals surface area contributed by atoms with Crippen molar-refractivity contribution in [2.75, 3.05) is 11.4 Å². The molecule has 5 rings (SSSR count). The molecule has 1 aromatic heterocycles. The zero-order valence-electron chi connectivity index (χ0n) is 18.2. The fourth-order valence-electron chi connectivity index (χ4n) is 3.91. The smallest absolute Gasteiger partial charge is 0.262 e. The summed E-state index contributed by atoms with van der Waals surface area (Å²) in [5.74, 6) is -0.962. The molecule has 3 amide bonds. The van der Waals surface area contributed by atoms with E-state index in [0.29, 0.717) is 27.9 Å². The SMILES string of the molecule is CC(C)c1ccc(N(C(=O)CN2C(=O)c3ccccc3C2=O)c2nc3ccccc3s2)cc1. The first-order valence-electron chi connectivity index (χ1n) is 10.7. The monoisotopic (exact) mass is 455 g/mol. The van der Waals surface area contributed by atoms with Crippen LogP contribution in [-0.4, -0.2) is 34.2 Å². The van der Waals surface area contributed by atoms with Crippen molar-refractivity contribution in [1.29, 1.82) is 0 Å². The summed E-state index contributed by atoms with van der Waals surface area (Å²) in [6.45, 7) is 3.84. The molecule has 0 bridgehead atoms. The molecule has 0 saturated carbocycles. The lowest BCUT2D eigenvalue weighted by atomic mass is 10.0. The number of anilines is 2. The second-order valence-corrected chi connectivity index (χ2v) is 9.19. The van der Waals surface area contributed by atoms with Gasteiger partial charge in [-0.2, -0.15) is 0 Å². The van der Waals surface area contributed by atoms with E-state index in [4.69, 9.17) is 0 Å². The molecule has 6 nitrogen and oxygen atoms in total. The van der Waals surface area contributed by atoms with Gasteiger partial charge in [0.15, 0.2) is 5.13 Å². The summed E-state index contributed by atoms with van der Waals surface area (Å²) in [7, 11) is 0. The topological polar surface area (TPSA) is 70.6 Å². The number of amides is 3. The van der Waals surface area contributed by atoms with Gasteiger partial charge in [-0.1, -0.05) is 61.6 Å². The third kappa shape index (κ3) is 3.70. The van der Waals surface area contributed by atoms with Crippen LogP contribution in [-0.2, 0) is 4.79 Å². The fourth-order valence-corrected chi connectivity index (χ4v) is 4.92. The summed E-state index contributed by atoms with van der Waals surface area (Å²) in [4.78, 5) is 46.4. The Morgan fingerprint density at radius 3 is 2.12 bits per heavy atom. The van der Waals surface area contributed by atoms with E-state index in [1.165, 1.54) is 16.2 Å². The van der Waals surface area contributed by atoms with Crippen LogP contribution in [0.25, 0.3) is 10.2 Å². The van der Waals surface area contributed by atoms with Gasteiger partial charge in [-0.25, -0.2) is 4.98 Å². The van der Waals surface area contributed by atoms with Crippen LogP contribution < -0.4 is 4.90 Å². The molecule has 4 aromatic rings. The van der Waals surface area contributed by atoms with Crippen molar-refractivity contribution in [3.05, 3.63) is 89.5 Å². The van der Waals surface area contributed by atoms with E-state index in [1.807, 2.05) is 48.5 Å². The van der Waals surface area contributed by atoms with E-state index < -0.39 is 17.7 Å². The molecule has 3 aromatic carbocycles. The van der Waals surface area contributed by atoms with Crippen molar-refractivity contribution >= 4 is 50.1 Å². The Hall–Kier alpha value is -3.84. The van der Waals surface area contributed by atoms with Gasteiger partial charge in [-0.3, -0.25) is 24.2 Å². The molecule has 0 aliphatic carbocycles. The fraction of sp³-hybridized carbons (Fsp3) is 0.154. The molecule has 0 atom stereocenters. The van der Waals surface area contributed by atoms with Gasteiger partial charge in [0.25, 0.3) is 17.7 Å². The van der Waals surface area contributed by atoms with Crippen molar-refractivity contribution in [3.63, 3.8) is 0 Å². The zero-order valence-corrected chi connectivity index (χ0v) is 19.0. The van der Waals surface area contributed by atoms with E-state index in [2.05, 4.69) is 18.8 Å². The van der Waals surface area contributed by atoms with Crippen LogP contribution in [0.3, 0.4) is 0 Å². The predicted octanol–water partition coefficient (Wildman–Crippen LogP) is 5.38. The third-order valence-electron chi connectivity index (χ3n) is 5.71. The van der Waals surface area contributed by atoms with E-state index in [-0.39, 0.29) is 6.54 Å². The maximum atomic E-state index is 13.6. The van der Waals surface area contributed by atoms with Crippen molar-refractivity contribution < 1.29 is 14.4 Å².